The summed E-state index contributed by atoms with van der Waals surface area (Å²) >= 11 is 0. The number of aliphatic hydroxyl groups is 1. The van der Waals surface area contributed by atoms with Crippen molar-refractivity contribution in [3.63, 3.8) is 0 Å². The molecule has 0 bridgehead atoms. The quantitative estimate of drug-likeness (QED) is 0.651. The third-order valence-corrected chi connectivity index (χ3v) is 2.88. The lowest BCUT2D eigenvalue weighted by Gasteiger charge is -2.21. The normalized spacial score (nSPS) is 12.9. The lowest BCUT2D eigenvalue weighted by atomic mass is 9.91. The Bertz CT molecular complexity index is 590. The van der Waals surface area contributed by atoms with E-state index in [1.165, 1.54) is 0 Å². The number of hydrogen-bond donors (Lipinski definition) is 1. The van der Waals surface area contributed by atoms with E-state index in [4.69, 9.17) is 0 Å². The zero-order valence-corrected chi connectivity index (χ0v) is 10.7. The summed E-state index contributed by atoms with van der Waals surface area (Å²) in [5.41, 5.74) is 0.498. The molecule has 94 valence electrons. The molecule has 2 aromatic rings. The van der Waals surface area contributed by atoms with E-state index in [0.717, 1.165) is 11.1 Å². The Kier molecular flexibility index (Phi) is 4.18. The highest BCUT2D eigenvalue weighted by molar-refractivity contribution is 5.40. The number of hydrogen-bond acceptors (Lipinski definition) is 1. The van der Waals surface area contributed by atoms with Crippen molar-refractivity contribution in [2.45, 2.75) is 12.0 Å². The van der Waals surface area contributed by atoms with Crippen LogP contribution < -0.4 is 0 Å². The fourth-order valence-electron chi connectivity index (χ4n) is 1.86. The van der Waals surface area contributed by atoms with Gasteiger partial charge in [0.2, 0.25) is 0 Å². The summed E-state index contributed by atoms with van der Waals surface area (Å²) in [5, 5.41) is 10.7. The van der Waals surface area contributed by atoms with Gasteiger partial charge in [0.1, 0.15) is 0 Å². The lowest BCUT2D eigenvalue weighted by molar-refractivity contribution is 0.104. The van der Waals surface area contributed by atoms with Crippen LogP contribution in [0.2, 0.25) is 0 Å². The van der Waals surface area contributed by atoms with E-state index in [9.17, 15) is 5.11 Å². The number of rotatable bonds is 3. The zero-order valence-electron chi connectivity index (χ0n) is 10.7. The van der Waals surface area contributed by atoms with E-state index in [0.29, 0.717) is 6.42 Å². The van der Waals surface area contributed by atoms with E-state index in [2.05, 4.69) is 18.4 Å². The maximum absolute atomic E-state index is 10.7. The summed E-state index contributed by atoms with van der Waals surface area (Å²) in [6, 6.07) is 19.1. The highest BCUT2D eigenvalue weighted by Gasteiger charge is 2.24. The monoisotopic (exact) mass is 248 g/mol. The molecule has 0 aliphatic rings. The molecule has 0 radical (unpaired) electrons. The summed E-state index contributed by atoms with van der Waals surface area (Å²) in [6.45, 7) is 3.70. The Morgan fingerprint density at radius 1 is 1.00 bits per heavy atom. The molecule has 1 N–H and O–H groups in total. The third-order valence-electron chi connectivity index (χ3n) is 2.88. The summed E-state index contributed by atoms with van der Waals surface area (Å²) in [5.74, 6) is 5.98. The molecule has 0 spiro atoms. The molecular formula is C18H16O. The molecule has 0 heterocycles. The van der Waals surface area contributed by atoms with Crippen LogP contribution in [0.3, 0.4) is 0 Å². The van der Waals surface area contributed by atoms with Crippen LogP contribution in [-0.4, -0.2) is 5.11 Å². The van der Waals surface area contributed by atoms with Gasteiger partial charge in [-0.05, 0) is 17.7 Å². The van der Waals surface area contributed by atoms with Gasteiger partial charge in [-0.25, -0.2) is 0 Å². The zero-order chi connectivity index (χ0) is 13.6. The van der Waals surface area contributed by atoms with E-state index in [1.807, 2.05) is 60.7 Å². The Hall–Kier alpha value is -2.30. The van der Waals surface area contributed by atoms with Crippen LogP contribution in [-0.2, 0) is 5.60 Å². The minimum Gasteiger partial charge on any atom is -0.373 e. The van der Waals surface area contributed by atoms with Gasteiger partial charge in [-0.15, -0.1) is 6.58 Å². The van der Waals surface area contributed by atoms with Crippen LogP contribution in [0.5, 0.6) is 0 Å². The molecule has 0 saturated carbocycles. The first-order chi connectivity index (χ1) is 9.24. The SMILES string of the molecule is C=CCC(O)(C#Cc1ccccc1)c1ccccc1. The molecule has 0 aliphatic carbocycles. The Labute approximate surface area is 114 Å². The standard InChI is InChI=1S/C18H16O/c1-2-14-18(19,17-11-7-4-8-12-17)15-13-16-9-5-3-6-10-16/h2-12,19H,1,14H2. The van der Waals surface area contributed by atoms with Crippen LogP contribution >= 0.6 is 0 Å². The van der Waals surface area contributed by atoms with Crippen LogP contribution in [0.1, 0.15) is 17.5 Å². The topological polar surface area (TPSA) is 20.2 Å². The summed E-state index contributed by atoms with van der Waals surface area (Å²) in [4.78, 5) is 0. The van der Waals surface area contributed by atoms with Crippen molar-refractivity contribution in [3.05, 3.63) is 84.4 Å². The molecule has 0 amide bonds. The maximum Gasteiger partial charge on any atom is 0.154 e. The molecule has 2 aromatic carbocycles. The predicted octanol–water partition coefficient (Wildman–Crippen LogP) is 3.50. The average molecular weight is 248 g/mol. The molecule has 1 heteroatoms. The van der Waals surface area contributed by atoms with Gasteiger partial charge in [-0.2, -0.15) is 0 Å². The highest BCUT2D eigenvalue weighted by Crippen LogP contribution is 2.24. The minimum atomic E-state index is -1.18. The van der Waals surface area contributed by atoms with Crippen LogP contribution in [0.4, 0.5) is 0 Å². The minimum absolute atomic E-state index is 0.400. The van der Waals surface area contributed by atoms with Crippen molar-refractivity contribution in [2.75, 3.05) is 0 Å². The molecule has 0 saturated heterocycles. The van der Waals surface area contributed by atoms with Crippen molar-refractivity contribution in [1.29, 1.82) is 0 Å². The smallest absolute Gasteiger partial charge is 0.154 e. The molecule has 0 aliphatic heterocycles. The van der Waals surface area contributed by atoms with Crippen molar-refractivity contribution in [3.8, 4) is 11.8 Å². The van der Waals surface area contributed by atoms with Gasteiger partial charge >= 0.3 is 0 Å². The van der Waals surface area contributed by atoms with Crippen molar-refractivity contribution >= 4 is 0 Å². The van der Waals surface area contributed by atoms with Gasteiger partial charge in [0.25, 0.3) is 0 Å². The molecular weight excluding hydrogens is 232 g/mol. The van der Waals surface area contributed by atoms with E-state index in [1.54, 1.807) is 6.08 Å². The van der Waals surface area contributed by atoms with E-state index < -0.39 is 5.60 Å². The molecule has 0 aromatic heterocycles. The molecule has 1 nitrogen and oxygen atoms in total. The third kappa shape index (κ3) is 3.34. The van der Waals surface area contributed by atoms with E-state index in [-0.39, 0.29) is 0 Å². The van der Waals surface area contributed by atoms with Crippen molar-refractivity contribution in [1.82, 2.24) is 0 Å². The highest BCUT2D eigenvalue weighted by atomic mass is 16.3. The van der Waals surface area contributed by atoms with E-state index >= 15 is 0 Å². The van der Waals surface area contributed by atoms with Gasteiger partial charge in [0.15, 0.2) is 5.60 Å². The average Bonchev–Trinajstić information content (AvgIpc) is 2.48. The second kappa shape index (κ2) is 6.04. The maximum atomic E-state index is 10.7. The van der Waals surface area contributed by atoms with Crippen LogP contribution in [0.15, 0.2) is 73.3 Å². The molecule has 2 rings (SSSR count). The number of benzene rings is 2. The molecule has 19 heavy (non-hydrogen) atoms. The second-order valence-electron chi connectivity index (χ2n) is 4.34. The fraction of sp³-hybridized carbons (Fsp3) is 0.111. The lowest BCUT2D eigenvalue weighted by Crippen LogP contribution is -2.22. The summed E-state index contributed by atoms with van der Waals surface area (Å²) in [7, 11) is 0. The van der Waals surface area contributed by atoms with Gasteiger partial charge in [0, 0.05) is 12.0 Å². The fourth-order valence-corrected chi connectivity index (χ4v) is 1.86. The van der Waals surface area contributed by atoms with Crippen LogP contribution in [0, 0.1) is 11.8 Å². The van der Waals surface area contributed by atoms with Crippen molar-refractivity contribution < 1.29 is 5.11 Å². The van der Waals surface area contributed by atoms with Gasteiger partial charge in [-0.3, -0.25) is 0 Å². The van der Waals surface area contributed by atoms with Crippen LogP contribution in [0.25, 0.3) is 0 Å². The Morgan fingerprint density at radius 3 is 2.16 bits per heavy atom. The van der Waals surface area contributed by atoms with Gasteiger partial charge in [-0.1, -0.05) is 66.4 Å². The van der Waals surface area contributed by atoms with Gasteiger partial charge in [0.05, 0.1) is 0 Å². The predicted molar refractivity (Wildman–Crippen MR) is 78.5 cm³/mol. The largest absolute Gasteiger partial charge is 0.373 e. The Balaban J connectivity index is 2.36. The summed E-state index contributed by atoms with van der Waals surface area (Å²) < 4.78 is 0. The summed E-state index contributed by atoms with van der Waals surface area (Å²) in [6.07, 6.45) is 2.09. The first-order valence-corrected chi connectivity index (χ1v) is 6.22. The van der Waals surface area contributed by atoms with Crippen molar-refractivity contribution in [2.24, 2.45) is 0 Å². The molecule has 1 atom stereocenters. The molecule has 1 unspecified atom stereocenters. The first kappa shape index (κ1) is 13.1. The first-order valence-electron chi connectivity index (χ1n) is 6.22. The molecule has 0 fully saturated rings. The van der Waals surface area contributed by atoms with Gasteiger partial charge < -0.3 is 5.11 Å². The second-order valence-corrected chi connectivity index (χ2v) is 4.34. The Morgan fingerprint density at radius 2 is 1.58 bits per heavy atom.